The van der Waals surface area contributed by atoms with Crippen LogP contribution in [0, 0.1) is 6.92 Å². The molecule has 172 valence electrons. The third kappa shape index (κ3) is 9.82. The van der Waals surface area contributed by atoms with Crippen LogP contribution in [0.5, 0.6) is 5.75 Å². The van der Waals surface area contributed by atoms with Crippen molar-refractivity contribution < 1.29 is 13.2 Å². The number of methoxy groups -OCH3 is 1. The molecule has 0 radical (unpaired) electrons. The fourth-order valence-corrected chi connectivity index (χ4v) is 4.02. The molecule has 0 aliphatic carbocycles. The molecule has 0 saturated carbocycles. The summed E-state index contributed by atoms with van der Waals surface area (Å²) in [5.41, 5.74) is 2.35. The Bertz CT molecular complexity index is 778. The summed E-state index contributed by atoms with van der Waals surface area (Å²) in [5, 5.41) is 6.86. The number of aliphatic imine (C=N–C) groups is 1. The van der Waals surface area contributed by atoms with Crippen LogP contribution in [-0.2, 0) is 16.3 Å². The van der Waals surface area contributed by atoms with Crippen LogP contribution >= 0.6 is 24.0 Å². The molecular formula is C21H37IN4O3S. The third-order valence-electron chi connectivity index (χ3n) is 5.19. The monoisotopic (exact) mass is 552 g/mol. The van der Waals surface area contributed by atoms with Crippen molar-refractivity contribution >= 4 is 39.8 Å². The van der Waals surface area contributed by atoms with E-state index in [9.17, 15) is 8.42 Å². The van der Waals surface area contributed by atoms with Gasteiger partial charge in [-0.05, 0) is 50.3 Å². The minimum Gasteiger partial charge on any atom is -0.496 e. The number of hydrogen-bond acceptors (Lipinski definition) is 5. The summed E-state index contributed by atoms with van der Waals surface area (Å²) in [5.74, 6) is 2.00. The molecule has 2 rings (SSSR count). The second-order valence-corrected chi connectivity index (χ2v) is 9.96. The minimum atomic E-state index is -2.90. The molecule has 1 aliphatic heterocycles. The molecule has 9 heteroatoms. The van der Waals surface area contributed by atoms with Gasteiger partial charge in [0.05, 0.1) is 12.9 Å². The molecule has 1 heterocycles. The Hall–Kier alpha value is -1.07. The van der Waals surface area contributed by atoms with Crippen molar-refractivity contribution in [1.29, 1.82) is 0 Å². The average Bonchev–Trinajstić information content (AvgIpc) is 2.68. The smallest absolute Gasteiger partial charge is 0.191 e. The van der Waals surface area contributed by atoms with Crippen LogP contribution in [0.3, 0.4) is 0 Å². The van der Waals surface area contributed by atoms with Gasteiger partial charge in [0.2, 0.25) is 0 Å². The SMILES string of the molecule is CCNC(=NCCc1ccc(C)c(OC)c1)NC1CCN(CCS(C)(=O)=O)CC1.I. The van der Waals surface area contributed by atoms with Crippen molar-refractivity contribution in [2.45, 2.75) is 39.2 Å². The van der Waals surface area contributed by atoms with Crippen molar-refractivity contribution in [3.8, 4) is 5.75 Å². The van der Waals surface area contributed by atoms with Gasteiger partial charge < -0.3 is 20.3 Å². The number of rotatable bonds is 9. The number of ether oxygens (including phenoxy) is 1. The molecule has 2 N–H and O–H groups in total. The van der Waals surface area contributed by atoms with Crippen LogP contribution in [-0.4, -0.2) is 77.2 Å². The molecule has 1 aliphatic rings. The molecule has 1 saturated heterocycles. The first-order chi connectivity index (χ1) is 13.8. The van der Waals surface area contributed by atoms with Crippen molar-refractivity contribution in [2.75, 3.05) is 51.8 Å². The molecule has 0 bridgehead atoms. The number of nitrogens with one attached hydrogen (secondary N) is 2. The number of hydrogen-bond donors (Lipinski definition) is 2. The molecule has 0 aromatic heterocycles. The van der Waals surface area contributed by atoms with Gasteiger partial charge in [-0.1, -0.05) is 12.1 Å². The number of benzene rings is 1. The van der Waals surface area contributed by atoms with Gasteiger partial charge in [0.15, 0.2) is 5.96 Å². The summed E-state index contributed by atoms with van der Waals surface area (Å²) in [7, 11) is -1.20. The number of guanidine groups is 1. The van der Waals surface area contributed by atoms with Crippen LogP contribution in [0.25, 0.3) is 0 Å². The van der Waals surface area contributed by atoms with Crippen LogP contribution in [0.4, 0.5) is 0 Å². The van der Waals surface area contributed by atoms with Crippen molar-refractivity contribution in [2.24, 2.45) is 4.99 Å². The lowest BCUT2D eigenvalue weighted by molar-refractivity contribution is 0.216. The van der Waals surface area contributed by atoms with E-state index < -0.39 is 9.84 Å². The molecule has 1 fully saturated rings. The first kappa shape index (κ1) is 27.0. The Balaban J connectivity index is 0.00000450. The summed E-state index contributed by atoms with van der Waals surface area (Å²) in [6, 6.07) is 6.65. The lowest BCUT2D eigenvalue weighted by atomic mass is 10.1. The number of halogens is 1. The van der Waals surface area contributed by atoms with Crippen LogP contribution in [0.2, 0.25) is 0 Å². The molecule has 0 spiro atoms. The Morgan fingerprint density at radius 2 is 2.00 bits per heavy atom. The first-order valence-corrected chi connectivity index (χ1v) is 12.4. The number of likely N-dealkylation sites (tertiary alicyclic amines) is 1. The van der Waals surface area contributed by atoms with Crippen molar-refractivity contribution in [1.82, 2.24) is 15.5 Å². The van der Waals surface area contributed by atoms with Gasteiger partial charge in [0.25, 0.3) is 0 Å². The highest BCUT2D eigenvalue weighted by atomic mass is 127. The Morgan fingerprint density at radius 1 is 1.30 bits per heavy atom. The standard InChI is InChI=1S/C21H36N4O3S.HI/c1-5-22-21(23-11-8-18-7-6-17(2)20(16-18)28-3)24-19-9-12-25(13-10-19)14-15-29(4,26)27;/h6-7,16,19H,5,8-15H2,1-4H3,(H2,22,23,24);1H. The summed E-state index contributed by atoms with van der Waals surface area (Å²) in [6.45, 7) is 8.08. The van der Waals surface area contributed by atoms with E-state index in [1.54, 1.807) is 7.11 Å². The summed E-state index contributed by atoms with van der Waals surface area (Å²) in [4.78, 5) is 6.96. The van der Waals surface area contributed by atoms with E-state index in [-0.39, 0.29) is 29.7 Å². The second kappa shape index (κ2) is 13.4. The lowest BCUT2D eigenvalue weighted by Gasteiger charge is -2.32. The van der Waals surface area contributed by atoms with E-state index in [1.807, 2.05) is 6.92 Å². The summed E-state index contributed by atoms with van der Waals surface area (Å²) < 4.78 is 28.1. The van der Waals surface area contributed by atoms with Gasteiger partial charge in [-0.3, -0.25) is 4.99 Å². The maximum atomic E-state index is 11.3. The van der Waals surface area contributed by atoms with Crippen molar-refractivity contribution in [3.63, 3.8) is 0 Å². The normalized spacial score (nSPS) is 16.1. The maximum absolute atomic E-state index is 11.3. The van der Waals surface area contributed by atoms with E-state index in [0.717, 1.165) is 56.2 Å². The quantitative estimate of drug-likeness (QED) is 0.278. The maximum Gasteiger partial charge on any atom is 0.191 e. The third-order valence-corrected chi connectivity index (χ3v) is 6.12. The first-order valence-electron chi connectivity index (χ1n) is 10.4. The topological polar surface area (TPSA) is 83.0 Å². The van der Waals surface area contributed by atoms with E-state index >= 15 is 0 Å². The number of sulfone groups is 1. The highest BCUT2D eigenvalue weighted by Crippen LogP contribution is 2.19. The Morgan fingerprint density at radius 3 is 2.60 bits per heavy atom. The van der Waals surface area contributed by atoms with Crippen LogP contribution in [0.1, 0.15) is 30.9 Å². The van der Waals surface area contributed by atoms with Gasteiger partial charge in [0, 0.05) is 45.0 Å². The molecule has 1 aromatic rings. The lowest BCUT2D eigenvalue weighted by Crippen LogP contribution is -2.49. The molecular weight excluding hydrogens is 515 g/mol. The highest BCUT2D eigenvalue weighted by molar-refractivity contribution is 14.0. The zero-order chi connectivity index (χ0) is 21.3. The number of piperidine rings is 1. The zero-order valence-corrected chi connectivity index (χ0v) is 21.8. The van der Waals surface area contributed by atoms with Crippen LogP contribution < -0.4 is 15.4 Å². The van der Waals surface area contributed by atoms with Gasteiger partial charge in [-0.2, -0.15) is 0 Å². The van der Waals surface area contributed by atoms with Crippen LogP contribution in [0.15, 0.2) is 23.2 Å². The average molecular weight is 553 g/mol. The predicted molar refractivity (Wildman–Crippen MR) is 135 cm³/mol. The fraction of sp³-hybridized carbons (Fsp3) is 0.667. The largest absolute Gasteiger partial charge is 0.496 e. The van der Waals surface area contributed by atoms with E-state index in [0.29, 0.717) is 19.1 Å². The molecule has 0 unspecified atom stereocenters. The number of nitrogens with zero attached hydrogens (tertiary/aromatic N) is 2. The minimum absolute atomic E-state index is 0. The summed E-state index contributed by atoms with van der Waals surface area (Å²) >= 11 is 0. The van der Waals surface area contributed by atoms with Gasteiger partial charge in [-0.25, -0.2) is 8.42 Å². The summed E-state index contributed by atoms with van der Waals surface area (Å²) in [6.07, 6.45) is 4.14. The Labute approximate surface area is 199 Å². The molecule has 0 amide bonds. The Kier molecular flexibility index (Phi) is 12.0. The van der Waals surface area contributed by atoms with E-state index in [2.05, 4.69) is 40.7 Å². The zero-order valence-electron chi connectivity index (χ0n) is 18.6. The van der Waals surface area contributed by atoms with Gasteiger partial charge in [0.1, 0.15) is 15.6 Å². The van der Waals surface area contributed by atoms with E-state index in [1.165, 1.54) is 11.8 Å². The van der Waals surface area contributed by atoms with E-state index in [4.69, 9.17) is 9.73 Å². The second-order valence-electron chi connectivity index (χ2n) is 7.70. The number of aryl methyl sites for hydroxylation is 1. The molecule has 30 heavy (non-hydrogen) atoms. The fourth-order valence-electron chi connectivity index (χ4n) is 3.43. The predicted octanol–water partition coefficient (Wildman–Crippen LogP) is 2.23. The van der Waals surface area contributed by atoms with Gasteiger partial charge >= 0.3 is 0 Å². The van der Waals surface area contributed by atoms with Gasteiger partial charge in [-0.15, -0.1) is 24.0 Å². The molecule has 0 atom stereocenters. The van der Waals surface area contributed by atoms with Crippen molar-refractivity contribution in [3.05, 3.63) is 29.3 Å². The molecule has 7 nitrogen and oxygen atoms in total. The highest BCUT2D eigenvalue weighted by Gasteiger charge is 2.20. The molecule has 1 aromatic carbocycles.